The lowest BCUT2D eigenvalue weighted by Gasteiger charge is -2.29. The zero-order valence-electron chi connectivity index (χ0n) is 13.9. The van der Waals surface area contributed by atoms with Crippen molar-refractivity contribution in [3.63, 3.8) is 0 Å². The van der Waals surface area contributed by atoms with Gasteiger partial charge >= 0.3 is 0 Å². The SMILES string of the molecule is O=C(NC1CCC(n2cnnc2)CC1)c1ccc(-n2cnnn2)cc1O. The van der Waals surface area contributed by atoms with E-state index in [1.54, 1.807) is 24.8 Å². The molecule has 1 fully saturated rings. The second kappa shape index (κ2) is 6.90. The minimum Gasteiger partial charge on any atom is -0.507 e. The lowest BCUT2D eigenvalue weighted by atomic mass is 9.91. The third-order valence-electron chi connectivity index (χ3n) is 4.73. The van der Waals surface area contributed by atoms with Gasteiger partial charge in [0.05, 0.1) is 11.3 Å². The van der Waals surface area contributed by atoms with Crippen molar-refractivity contribution < 1.29 is 9.90 Å². The number of phenols is 1. The highest BCUT2D eigenvalue weighted by Gasteiger charge is 2.24. The molecule has 0 bridgehead atoms. The Hall–Kier alpha value is -3.30. The Morgan fingerprint density at radius 3 is 2.50 bits per heavy atom. The van der Waals surface area contributed by atoms with Crippen molar-refractivity contribution in [2.45, 2.75) is 37.8 Å². The summed E-state index contributed by atoms with van der Waals surface area (Å²) in [6.07, 6.45) is 8.53. The minimum absolute atomic E-state index is 0.0915. The van der Waals surface area contributed by atoms with E-state index in [9.17, 15) is 9.90 Å². The molecule has 2 N–H and O–H groups in total. The molecule has 1 aliphatic rings. The number of carbonyl (C=O) groups excluding carboxylic acids is 1. The molecule has 1 saturated carbocycles. The number of hydrogen-bond donors (Lipinski definition) is 2. The fourth-order valence-electron chi connectivity index (χ4n) is 3.31. The van der Waals surface area contributed by atoms with Gasteiger partial charge in [0.1, 0.15) is 24.7 Å². The van der Waals surface area contributed by atoms with Crippen LogP contribution >= 0.6 is 0 Å². The summed E-state index contributed by atoms with van der Waals surface area (Å²) in [5.74, 6) is -0.382. The molecule has 1 amide bonds. The Labute approximate surface area is 148 Å². The van der Waals surface area contributed by atoms with Gasteiger partial charge in [0.15, 0.2) is 0 Å². The summed E-state index contributed by atoms with van der Waals surface area (Å²) >= 11 is 0. The van der Waals surface area contributed by atoms with Gasteiger partial charge in [-0.2, -0.15) is 0 Å². The molecule has 26 heavy (non-hydrogen) atoms. The summed E-state index contributed by atoms with van der Waals surface area (Å²) in [4.78, 5) is 12.5. The van der Waals surface area contributed by atoms with E-state index in [2.05, 4.69) is 31.0 Å². The molecule has 0 radical (unpaired) electrons. The van der Waals surface area contributed by atoms with Gasteiger partial charge in [0.2, 0.25) is 0 Å². The van der Waals surface area contributed by atoms with Gasteiger partial charge in [-0.15, -0.1) is 15.3 Å². The predicted molar refractivity (Wildman–Crippen MR) is 89.6 cm³/mol. The smallest absolute Gasteiger partial charge is 0.255 e. The number of rotatable bonds is 4. The standard InChI is InChI=1S/C16H18N8O2/c25-15-7-13(24-10-19-21-22-24)5-6-14(15)16(26)20-11-1-3-12(4-2-11)23-8-17-18-9-23/h5-12,25H,1-4H2,(H,20,26). The Balaban J connectivity index is 1.38. The van der Waals surface area contributed by atoms with Gasteiger partial charge < -0.3 is 15.0 Å². The van der Waals surface area contributed by atoms with Gasteiger partial charge in [-0.3, -0.25) is 4.79 Å². The number of phenolic OH excluding ortho intramolecular Hbond substituents is 1. The molecule has 134 valence electrons. The van der Waals surface area contributed by atoms with Crippen LogP contribution in [0.5, 0.6) is 5.75 Å². The molecule has 2 heterocycles. The van der Waals surface area contributed by atoms with Crippen molar-refractivity contribution in [3.05, 3.63) is 42.7 Å². The van der Waals surface area contributed by atoms with E-state index in [-0.39, 0.29) is 23.3 Å². The number of aromatic hydroxyl groups is 1. The molecular weight excluding hydrogens is 336 g/mol. The fraction of sp³-hybridized carbons (Fsp3) is 0.375. The van der Waals surface area contributed by atoms with Crippen molar-refractivity contribution in [3.8, 4) is 11.4 Å². The number of hydrogen-bond acceptors (Lipinski definition) is 7. The van der Waals surface area contributed by atoms with Crippen LogP contribution in [-0.2, 0) is 0 Å². The number of aromatic nitrogens is 7. The van der Waals surface area contributed by atoms with Crippen LogP contribution in [-0.4, -0.2) is 52.0 Å². The largest absolute Gasteiger partial charge is 0.507 e. The van der Waals surface area contributed by atoms with Crippen molar-refractivity contribution in [1.82, 2.24) is 40.3 Å². The van der Waals surface area contributed by atoms with Crippen molar-refractivity contribution in [1.29, 1.82) is 0 Å². The van der Waals surface area contributed by atoms with Gasteiger partial charge in [-0.25, -0.2) is 4.68 Å². The van der Waals surface area contributed by atoms with Crippen LogP contribution in [0.1, 0.15) is 42.1 Å². The molecule has 1 aliphatic carbocycles. The average molecular weight is 354 g/mol. The van der Waals surface area contributed by atoms with Crippen LogP contribution in [0.3, 0.4) is 0 Å². The minimum atomic E-state index is -0.279. The maximum Gasteiger partial charge on any atom is 0.255 e. The predicted octanol–water partition coefficient (Wildman–Crippen LogP) is 0.873. The third kappa shape index (κ3) is 3.25. The Morgan fingerprint density at radius 1 is 1.08 bits per heavy atom. The molecule has 10 nitrogen and oxygen atoms in total. The van der Waals surface area contributed by atoms with E-state index in [1.165, 1.54) is 17.1 Å². The quantitative estimate of drug-likeness (QED) is 0.712. The van der Waals surface area contributed by atoms with Gasteiger partial charge in [0.25, 0.3) is 5.91 Å². The van der Waals surface area contributed by atoms with Gasteiger partial charge in [0, 0.05) is 18.2 Å². The van der Waals surface area contributed by atoms with E-state index < -0.39 is 0 Å². The summed E-state index contributed by atoms with van der Waals surface area (Å²) in [6, 6.07) is 5.20. The summed E-state index contributed by atoms with van der Waals surface area (Å²) in [5, 5.41) is 31.7. The highest BCUT2D eigenvalue weighted by molar-refractivity contribution is 5.97. The number of tetrazole rings is 1. The lowest BCUT2D eigenvalue weighted by Crippen LogP contribution is -2.38. The van der Waals surface area contributed by atoms with Crippen LogP contribution in [0, 0.1) is 0 Å². The normalized spacial score (nSPS) is 20.0. The first-order chi connectivity index (χ1) is 12.7. The van der Waals surface area contributed by atoms with Crippen LogP contribution in [0.15, 0.2) is 37.2 Å². The maximum absolute atomic E-state index is 12.5. The molecule has 4 rings (SSSR count). The Kier molecular flexibility index (Phi) is 4.30. The lowest BCUT2D eigenvalue weighted by molar-refractivity contribution is 0.0920. The number of benzene rings is 1. The van der Waals surface area contributed by atoms with E-state index >= 15 is 0 Å². The second-order valence-corrected chi connectivity index (χ2v) is 6.34. The summed E-state index contributed by atoms with van der Waals surface area (Å²) < 4.78 is 3.43. The molecule has 0 saturated heterocycles. The van der Waals surface area contributed by atoms with E-state index in [0.717, 1.165) is 25.7 Å². The molecule has 0 spiro atoms. The topological polar surface area (TPSA) is 124 Å². The highest BCUT2D eigenvalue weighted by Crippen LogP contribution is 2.28. The number of amides is 1. The summed E-state index contributed by atoms with van der Waals surface area (Å²) in [5.41, 5.74) is 0.821. The average Bonchev–Trinajstić information content (AvgIpc) is 3.36. The van der Waals surface area contributed by atoms with Crippen LogP contribution in [0.2, 0.25) is 0 Å². The molecule has 10 heteroatoms. The van der Waals surface area contributed by atoms with E-state index in [0.29, 0.717) is 11.7 Å². The van der Waals surface area contributed by atoms with Gasteiger partial charge in [-0.05, 0) is 48.2 Å². The molecule has 2 aromatic heterocycles. The molecule has 0 atom stereocenters. The number of nitrogens with one attached hydrogen (secondary N) is 1. The number of carbonyl (C=O) groups is 1. The van der Waals surface area contributed by atoms with Crippen LogP contribution in [0.4, 0.5) is 0 Å². The second-order valence-electron chi connectivity index (χ2n) is 6.34. The molecule has 0 aliphatic heterocycles. The van der Waals surface area contributed by atoms with Crippen molar-refractivity contribution >= 4 is 5.91 Å². The molecule has 3 aromatic rings. The van der Waals surface area contributed by atoms with Crippen LogP contribution < -0.4 is 5.32 Å². The summed E-state index contributed by atoms with van der Waals surface area (Å²) in [7, 11) is 0. The van der Waals surface area contributed by atoms with Crippen molar-refractivity contribution in [2.24, 2.45) is 0 Å². The first-order valence-electron chi connectivity index (χ1n) is 8.42. The Morgan fingerprint density at radius 2 is 1.85 bits per heavy atom. The zero-order chi connectivity index (χ0) is 17.9. The maximum atomic E-state index is 12.5. The first-order valence-corrected chi connectivity index (χ1v) is 8.42. The fourth-order valence-corrected chi connectivity index (χ4v) is 3.31. The zero-order valence-corrected chi connectivity index (χ0v) is 13.9. The monoisotopic (exact) mass is 354 g/mol. The third-order valence-corrected chi connectivity index (χ3v) is 4.73. The molecule has 0 unspecified atom stereocenters. The van der Waals surface area contributed by atoms with E-state index in [4.69, 9.17) is 0 Å². The van der Waals surface area contributed by atoms with Gasteiger partial charge in [-0.1, -0.05) is 0 Å². The van der Waals surface area contributed by atoms with E-state index in [1.807, 2.05) is 4.57 Å². The molecule has 1 aromatic carbocycles. The first kappa shape index (κ1) is 16.2. The van der Waals surface area contributed by atoms with Crippen molar-refractivity contribution in [2.75, 3.05) is 0 Å². The number of nitrogens with zero attached hydrogens (tertiary/aromatic N) is 7. The van der Waals surface area contributed by atoms with Crippen LogP contribution in [0.25, 0.3) is 5.69 Å². The highest BCUT2D eigenvalue weighted by atomic mass is 16.3. The molecular formula is C16H18N8O2. The summed E-state index contributed by atoms with van der Waals surface area (Å²) in [6.45, 7) is 0. The Bertz CT molecular complexity index is 870.